The van der Waals surface area contributed by atoms with Crippen LogP contribution in [0.25, 0.3) is 0 Å². The van der Waals surface area contributed by atoms with E-state index in [4.69, 9.17) is 10.5 Å². The summed E-state index contributed by atoms with van der Waals surface area (Å²) in [6, 6.07) is 8.72. The van der Waals surface area contributed by atoms with Crippen LogP contribution in [-0.4, -0.2) is 13.2 Å². The summed E-state index contributed by atoms with van der Waals surface area (Å²) < 4.78 is 6.20. The molecule has 2 aliphatic carbocycles. The smallest absolute Gasteiger partial charge is 0.119 e. The lowest BCUT2D eigenvalue weighted by molar-refractivity contribution is 0.143. The maximum absolute atomic E-state index is 6.20. The van der Waals surface area contributed by atoms with Gasteiger partial charge >= 0.3 is 0 Å². The molecule has 0 bridgehead atoms. The summed E-state index contributed by atoms with van der Waals surface area (Å²) in [6.07, 6.45) is 12.0. The Balaban J connectivity index is 1.56. The Labute approximate surface area is 141 Å². The SMILES string of the molecule is CC1(COc2cccc(CC(CN)C3CC3)c2)CCCCCC1. The van der Waals surface area contributed by atoms with Crippen molar-refractivity contribution in [3.63, 3.8) is 0 Å². The molecule has 0 spiro atoms. The van der Waals surface area contributed by atoms with Crippen LogP contribution in [0.2, 0.25) is 0 Å². The maximum Gasteiger partial charge on any atom is 0.119 e. The van der Waals surface area contributed by atoms with E-state index in [9.17, 15) is 0 Å². The van der Waals surface area contributed by atoms with Crippen LogP contribution in [0.4, 0.5) is 0 Å². The molecule has 2 nitrogen and oxygen atoms in total. The van der Waals surface area contributed by atoms with Crippen molar-refractivity contribution in [2.75, 3.05) is 13.2 Å². The van der Waals surface area contributed by atoms with Crippen molar-refractivity contribution in [1.29, 1.82) is 0 Å². The summed E-state index contributed by atoms with van der Waals surface area (Å²) >= 11 is 0. The first kappa shape index (κ1) is 16.8. The van der Waals surface area contributed by atoms with Gasteiger partial charge in [-0.2, -0.15) is 0 Å². The van der Waals surface area contributed by atoms with Crippen molar-refractivity contribution in [3.05, 3.63) is 29.8 Å². The molecule has 2 fully saturated rings. The first-order chi connectivity index (χ1) is 11.2. The summed E-state index contributed by atoms with van der Waals surface area (Å²) in [4.78, 5) is 0. The van der Waals surface area contributed by atoms with Crippen LogP contribution < -0.4 is 10.5 Å². The van der Waals surface area contributed by atoms with E-state index in [2.05, 4.69) is 31.2 Å². The van der Waals surface area contributed by atoms with Gasteiger partial charge in [0.2, 0.25) is 0 Å². The van der Waals surface area contributed by atoms with Crippen LogP contribution in [0, 0.1) is 17.3 Å². The van der Waals surface area contributed by atoms with Gasteiger partial charge in [0.25, 0.3) is 0 Å². The van der Waals surface area contributed by atoms with Crippen molar-refractivity contribution in [1.82, 2.24) is 0 Å². The number of ether oxygens (including phenoxy) is 1. The quantitative estimate of drug-likeness (QED) is 0.722. The highest BCUT2D eigenvalue weighted by atomic mass is 16.5. The minimum Gasteiger partial charge on any atom is -0.493 e. The summed E-state index contributed by atoms with van der Waals surface area (Å²) in [6.45, 7) is 4.08. The van der Waals surface area contributed by atoms with E-state index in [0.717, 1.165) is 31.2 Å². The molecule has 1 aromatic rings. The van der Waals surface area contributed by atoms with Gasteiger partial charge in [-0.1, -0.05) is 44.7 Å². The Bertz CT molecular complexity index is 486. The van der Waals surface area contributed by atoms with Crippen molar-refractivity contribution >= 4 is 0 Å². The zero-order valence-corrected chi connectivity index (χ0v) is 14.7. The molecule has 0 radical (unpaired) electrons. The molecule has 128 valence electrons. The van der Waals surface area contributed by atoms with Crippen LogP contribution in [0.15, 0.2) is 24.3 Å². The van der Waals surface area contributed by atoms with Crippen LogP contribution in [0.5, 0.6) is 5.75 Å². The second-order valence-corrected chi connectivity index (χ2v) is 8.20. The van der Waals surface area contributed by atoms with E-state index < -0.39 is 0 Å². The minimum atomic E-state index is 0.361. The van der Waals surface area contributed by atoms with E-state index in [-0.39, 0.29) is 0 Å². The van der Waals surface area contributed by atoms with Gasteiger partial charge in [-0.15, -0.1) is 0 Å². The standard InChI is InChI=1S/C21H33NO/c1-21(11-4-2-3-5-12-21)16-23-20-8-6-7-17(14-20)13-19(15-22)18-9-10-18/h6-8,14,18-19H,2-5,9-13,15-16,22H2,1H3. The zero-order chi connectivity index (χ0) is 16.1. The summed E-state index contributed by atoms with van der Waals surface area (Å²) in [5, 5.41) is 0. The van der Waals surface area contributed by atoms with Crippen molar-refractivity contribution < 1.29 is 4.74 Å². The van der Waals surface area contributed by atoms with Gasteiger partial charge < -0.3 is 10.5 Å². The molecule has 2 N–H and O–H groups in total. The molecule has 23 heavy (non-hydrogen) atoms. The Hall–Kier alpha value is -1.02. The number of nitrogens with two attached hydrogens (primary N) is 1. The fourth-order valence-electron chi connectivity index (χ4n) is 4.06. The maximum atomic E-state index is 6.20. The topological polar surface area (TPSA) is 35.2 Å². The second-order valence-electron chi connectivity index (χ2n) is 8.20. The van der Waals surface area contributed by atoms with Gasteiger partial charge in [0.05, 0.1) is 6.61 Å². The molecule has 1 unspecified atom stereocenters. The third-order valence-corrected chi connectivity index (χ3v) is 5.89. The average molecular weight is 316 g/mol. The van der Waals surface area contributed by atoms with Crippen LogP contribution >= 0.6 is 0 Å². The highest BCUT2D eigenvalue weighted by Crippen LogP contribution is 2.38. The lowest BCUT2D eigenvalue weighted by Crippen LogP contribution is -2.24. The van der Waals surface area contributed by atoms with Crippen molar-refractivity contribution in [2.45, 2.75) is 64.7 Å². The summed E-state index contributed by atoms with van der Waals surface area (Å²) in [5.74, 6) is 2.57. The van der Waals surface area contributed by atoms with E-state index >= 15 is 0 Å². The predicted octanol–water partition coefficient (Wildman–Crippen LogP) is 4.95. The Kier molecular flexibility index (Phi) is 5.63. The molecule has 3 rings (SSSR count). The fourth-order valence-corrected chi connectivity index (χ4v) is 4.06. The monoisotopic (exact) mass is 315 g/mol. The Morgan fingerprint density at radius 2 is 1.91 bits per heavy atom. The lowest BCUT2D eigenvalue weighted by atomic mass is 9.83. The van der Waals surface area contributed by atoms with E-state index in [0.29, 0.717) is 11.3 Å². The van der Waals surface area contributed by atoms with Crippen LogP contribution in [0.1, 0.15) is 63.9 Å². The van der Waals surface area contributed by atoms with Gasteiger partial charge in [0.15, 0.2) is 0 Å². The molecule has 1 atom stereocenters. The van der Waals surface area contributed by atoms with Crippen LogP contribution in [0.3, 0.4) is 0 Å². The van der Waals surface area contributed by atoms with Gasteiger partial charge in [-0.3, -0.25) is 0 Å². The third kappa shape index (κ3) is 4.97. The molecule has 1 aromatic carbocycles. The first-order valence-electron chi connectivity index (χ1n) is 9.60. The van der Waals surface area contributed by atoms with Crippen LogP contribution in [-0.2, 0) is 6.42 Å². The molecule has 0 aliphatic heterocycles. The van der Waals surface area contributed by atoms with Gasteiger partial charge in [-0.05, 0) is 68.2 Å². The highest BCUT2D eigenvalue weighted by molar-refractivity contribution is 5.29. The molecule has 2 heteroatoms. The number of hydrogen-bond donors (Lipinski definition) is 1. The number of benzene rings is 1. The molecule has 0 saturated heterocycles. The third-order valence-electron chi connectivity index (χ3n) is 5.89. The van der Waals surface area contributed by atoms with Gasteiger partial charge in [0.1, 0.15) is 5.75 Å². The largest absolute Gasteiger partial charge is 0.493 e. The summed E-state index contributed by atoms with van der Waals surface area (Å²) in [7, 11) is 0. The Morgan fingerprint density at radius 1 is 1.17 bits per heavy atom. The normalized spacial score (nSPS) is 22.3. The van der Waals surface area contributed by atoms with E-state index in [1.165, 1.54) is 56.9 Å². The predicted molar refractivity (Wildman–Crippen MR) is 96.7 cm³/mol. The van der Waals surface area contributed by atoms with Crippen molar-refractivity contribution in [3.8, 4) is 5.75 Å². The number of rotatable bonds is 7. The molecule has 2 saturated carbocycles. The zero-order valence-electron chi connectivity index (χ0n) is 14.7. The minimum absolute atomic E-state index is 0.361. The molecular formula is C21H33NO. The van der Waals surface area contributed by atoms with E-state index in [1.807, 2.05) is 0 Å². The molecule has 0 amide bonds. The highest BCUT2D eigenvalue weighted by Gasteiger charge is 2.30. The molecule has 2 aliphatic rings. The summed E-state index contributed by atoms with van der Waals surface area (Å²) in [5.41, 5.74) is 7.70. The Morgan fingerprint density at radius 3 is 2.57 bits per heavy atom. The first-order valence-corrected chi connectivity index (χ1v) is 9.60. The van der Waals surface area contributed by atoms with Gasteiger partial charge in [-0.25, -0.2) is 0 Å². The fraction of sp³-hybridized carbons (Fsp3) is 0.714. The van der Waals surface area contributed by atoms with Gasteiger partial charge in [0, 0.05) is 5.41 Å². The lowest BCUT2D eigenvalue weighted by Gasteiger charge is -2.28. The molecular weight excluding hydrogens is 282 g/mol. The molecule has 0 aromatic heterocycles. The second kappa shape index (κ2) is 7.70. The van der Waals surface area contributed by atoms with Crippen molar-refractivity contribution in [2.24, 2.45) is 23.0 Å². The van der Waals surface area contributed by atoms with E-state index in [1.54, 1.807) is 0 Å². The molecule has 0 heterocycles. The average Bonchev–Trinajstić information content (AvgIpc) is 3.40. The number of hydrogen-bond acceptors (Lipinski definition) is 2.